The highest BCUT2D eigenvalue weighted by molar-refractivity contribution is 5.90. The molecule has 0 amide bonds. The fourth-order valence-electron chi connectivity index (χ4n) is 3.93. The number of hydrogen-bond acceptors (Lipinski definition) is 2. The van der Waals surface area contributed by atoms with Crippen molar-refractivity contribution in [2.75, 3.05) is 0 Å². The molecule has 100 valence electrons. The van der Waals surface area contributed by atoms with Crippen LogP contribution in [0.3, 0.4) is 0 Å². The van der Waals surface area contributed by atoms with Crippen LogP contribution in [0.2, 0.25) is 0 Å². The third kappa shape index (κ3) is 2.24. The summed E-state index contributed by atoms with van der Waals surface area (Å²) in [7, 11) is 0. The molecule has 1 aromatic rings. The van der Waals surface area contributed by atoms with Crippen molar-refractivity contribution in [2.45, 2.75) is 44.9 Å². The van der Waals surface area contributed by atoms with Gasteiger partial charge in [-0.05, 0) is 37.2 Å². The van der Waals surface area contributed by atoms with Crippen LogP contribution in [-0.2, 0) is 16.0 Å². The quantitative estimate of drug-likeness (QED) is 0.813. The van der Waals surface area contributed by atoms with Gasteiger partial charge >= 0.3 is 0 Å². The Morgan fingerprint density at radius 2 is 1.89 bits per heavy atom. The second-order valence-corrected chi connectivity index (χ2v) is 6.07. The average molecular weight is 256 g/mol. The highest BCUT2D eigenvalue weighted by Crippen LogP contribution is 2.49. The first-order valence-electron chi connectivity index (χ1n) is 7.30. The fourth-order valence-corrected chi connectivity index (χ4v) is 3.93. The van der Waals surface area contributed by atoms with Gasteiger partial charge in [0.2, 0.25) is 0 Å². The third-order valence-electron chi connectivity index (χ3n) is 4.98. The van der Waals surface area contributed by atoms with Crippen LogP contribution in [0, 0.1) is 11.3 Å². The maximum Gasteiger partial charge on any atom is 0.139 e. The van der Waals surface area contributed by atoms with Crippen molar-refractivity contribution in [1.82, 2.24) is 0 Å². The normalized spacial score (nSPS) is 31.1. The van der Waals surface area contributed by atoms with Gasteiger partial charge in [0.25, 0.3) is 0 Å². The molecule has 0 heterocycles. The first-order chi connectivity index (χ1) is 9.21. The van der Waals surface area contributed by atoms with Gasteiger partial charge in [-0.2, -0.15) is 0 Å². The fraction of sp³-hybridized carbons (Fsp3) is 0.529. The summed E-state index contributed by atoms with van der Waals surface area (Å²) in [4.78, 5) is 24.3. The van der Waals surface area contributed by atoms with E-state index in [1.54, 1.807) is 0 Å². The first-order valence-corrected chi connectivity index (χ1v) is 7.30. The van der Waals surface area contributed by atoms with E-state index in [2.05, 4.69) is 12.1 Å². The largest absolute Gasteiger partial charge is 0.300 e. The maximum atomic E-state index is 12.6. The molecular formula is C17H20O2. The predicted molar refractivity (Wildman–Crippen MR) is 73.8 cm³/mol. The molecule has 2 atom stereocenters. The van der Waals surface area contributed by atoms with Crippen molar-refractivity contribution in [3.63, 3.8) is 0 Å². The molecule has 2 aliphatic rings. The SMILES string of the molecule is O=C1CC[C@]2(Cc3ccccc3)C(=O)CCC[C@H]2C1. The van der Waals surface area contributed by atoms with E-state index >= 15 is 0 Å². The number of benzene rings is 1. The molecule has 0 aromatic heterocycles. The Kier molecular flexibility index (Phi) is 3.26. The van der Waals surface area contributed by atoms with Gasteiger partial charge in [0.1, 0.15) is 11.6 Å². The van der Waals surface area contributed by atoms with Crippen molar-refractivity contribution < 1.29 is 9.59 Å². The summed E-state index contributed by atoms with van der Waals surface area (Å²) in [5.74, 6) is 1.04. The molecule has 0 saturated heterocycles. The molecule has 0 unspecified atom stereocenters. The second-order valence-electron chi connectivity index (χ2n) is 6.07. The van der Waals surface area contributed by atoms with E-state index in [1.165, 1.54) is 5.56 Å². The van der Waals surface area contributed by atoms with Gasteiger partial charge in [-0.15, -0.1) is 0 Å². The smallest absolute Gasteiger partial charge is 0.139 e. The second kappa shape index (κ2) is 4.92. The minimum atomic E-state index is -0.243. The van der Waals surface area contributed by atoms with Crippen LogP contribution in [0.15, 0.2) is 30.3 Å². The molecule has 2 fully saturated rings. The summed E-state index contributed by atoms with van der Waals surface area (Å²) < 4.78 is 0. The summed E-state index contributed by atoms with van der Waals surface area (Å²) in [5, 5.41) is 0. The highest BCUT2D eigenvalue weighted by Gasteiger charge is 2.49. The zero-order valence-corrected chi connectivity index (χ0v) is 11.2. The average Bonchev–Trinajstić information content (AvgIpc) is 2.42. The van der Waals surface area contributed by atoms with Gasteiger partial charge in [-0.25, -0.2) is 0 Å². The van der Waals surface area contributed by atoms with E-state index in [0.29, 0.717) is 30.8 Å². The molecule has 2 aliphatic carbocycles. The van der Waals surface area contributed by atoms with E-state index in [1.807, 2.05) is 18.2 Å². The predicted octanol–water partition coefficient (Wildman–Crippen LogP) is 3.34. The number of Topliss-reactive ketones (excluding diaryl/α,β-unsaturated/α-hetero) is 2. The van der Waals surface area contributed by atoms with Gasteiger partial charge < -0.3 is 0 Å². The molecule has 2 saturated carbocycles. The maximum absolute atomic E-state index is 12.6. The van der Waals surface area contributed by atoms with Gasteiger partial charge in [0.05, 0.1) is 0 Å². The number of carbonyl (C=O) groups excluding carboxylic acids is 2. The molecule has 0 bridgehead atoms. The molecule has 19 heavy (non-hydrogen) atoms. The third-order valence-corrected chi connectivity index (χ3v) is 4.98. The Labute approximate surface area is 114 Å². The molecular weight excluding hydrogens is 236 g/mol. The molecule has 0 spiro atoms. The lowest BCUT2D eigenvalue weighted by atomic mass is 9.56. The number of hydrogen-bond donors (Lipinski definition) is 0. The van der Waals surface area contributed by atoms with Crippen molar-refractivity contribution in [2.24, 2.45) is 11.3 Å². The van der Waals surface area contributed by atoms with Crippen LogP contribution >= 0.6 is 0 Å². The summed E-state index contributed by atoms with van der Waals surface area (Å²) in [6, 6.07) is 10.3. The van der Waals surface area contributed by atoms with E-state index < -0.39 is 0 Å². The van der Waals surface area contributed by atoms with Crippen LogP contribution in [0.25, 0.3) is 0 Å². The van der Waals surface area contributed by atoms with Crippen molar-refractivity contribution in [3.8, 4) is 0 Å². The van der Waals surface area contributed by atoms with E-state index in [4.69, 9.17) is 0 Å². The van der Waals surface area contributed by atoms with Crippen LogP contribution in [0.5, 0.6) is 0 Å². The van der Waals surface area contributed by atoms with Gasteiger partial charge in [0, 0.05) is 24.7 Å². The molecule has 0 aliphatic heterocycles. The number of ketones is 2. The number of carbonyl (C=O) groups is 2. The van der Waals surface area contributed by atoms with Gasteiger partial charge in [-0.1, -0.05) is 30.3 Å². The van der Waals surface area contributed by atoms with Crippen molar-refractivity contribution in [3.05, 3.63) is 35.9 Å². The van der Waals surface area contributed by atoms with Gasteiger partial charge in [-0.3, -0.25) is 9.59 Å². The van der Waals surface area contributed by atoms with Crippen LogP contribution in [0.4, 0.5) is 0 Å². The lowest BCUT2D eigenvalue weighted by Crippen LogP contribution is -2.47. The number of rotatable bonds is 2. The number of fused-ring (bicyclic) bond motifs is 1. The topological polar surface area (TPSA) is 34.1 Å². The van der Waals surface area contributed by atoms with E-state index in [-0.39, 0.29) is 11.3 Å². The Hall–Kier alpha value is -1.44. The summed E-state index contributed by atoms with van der Waals surface area (Å²) in [6.45, 7) is 0. The highest BCUT2D eigenvalue weighted by atomic mass is 16.1. The van der Waals surface area contributed by atoms with Crippen LogP contribution < -0.4 is 0 Å². The minimum absolute atomic E-state index is 0.243. The molecule has 1 aromatic carbocycles. The summed E-state index contributed by atoms with van der Waals surface area (Å²) in [5.41, 5.74) is 0.991. The Morgan fingerprint density at radius 3 is 2.68 bits per heavy atom. The Morgan fingerprint density at radius 1 is 1.11 bits per heavy atom. The van der Waals surface area contributed by atoms with Crippen molar-refractivity contribution in [1.29, 1.82) is 0 Å². The minimum Gasteiger partial charge on any atom is -0.300 e. The van der Waals surface area contributed by atoms with Crippen LogP contribution in [-0.4, -0.2) is 11.6 Å². The Balaban J connectivity index is 1.92. The van der Waals surface area contributed by atoms with Crippen LogP contribution in [0.1, 0.15) is 44.1 Å². The Bertz CT molecular complexity index is 491. The molecule has 3 rings (SSSR count). The molecule has 2 heteroatoms. The molecule has 2 nitrogen and oxygen atoms in total. The lowest BCUT2D eigenvalue weighted by molar-refractivity contribution is -0.142. The van der Waals surface area contributed by atoms with Gasteiger partial charge in [0.15, 0.2) is 0 Å². The monoisotopic (exact) mass is 256 g/mol. The standard InChI is InChI=1S/C17H20O2/c18-15-9-10-17(12-13-5-2-1-3-6-13)14(11-15)7-4-8-16(17)19/h1-3,5-6,14H,4,7-12H2/t14-,17+/m0/s1. The van der Waals surface area contributed by atoms with E-state index in [9.17, 15) is 9.59 Å². The zero-order chi connectivity index (χ0) is 13.3. The zero-order valence-electron chi connectivity index (χ0n) is 11.2. The first kappa shape index (κ1) is 12.6. The summed E-state index contributed by atoms with van der Waals surface area (Å²) >= 11 is 0. The van der Waals surface area contributed by atoms with E-state index in [0.717, 1.165) is 25.7 Å². The lowest BCUT2D eigenvalue weighted by Gasteiger charge is -2.45. The molecule has 0 N–H and O–H groups in total. The summed E-state index contributed by atoms with van der Waals surface area (Å²) in [6.07, 6.45) is 5.53. The van der Waals surface area contributed by atoms with Crippen molar-refractivity contribution >= 4 is 11.6 Å². The molecule has 0 radical (unpaired) electrons.